The number of methoxy groups -OCH3 is 1. The molecule has 1 aliphatic rings. The first-order valence-electron chi connectivity index (χ1n) is 9.97. The van der Waals surface area contributed by atoms with Crippen molar-refractivity contribution in [3.05, 3.63) is 80.7 Å². The van der Waals surface area contributed by atoms with Gasteiger partial charge in [-0.05, 0) is 89.3 Å². The number of rotatable bonds is 7. The molecule has 1 aliphatic heterocycles. The highest BCUT2D eigenvalue weighted by Gasteiger charge is 2.34. The van der Waals surface area contributed by atoms with Crippen LogP contribution in [0.2, 0.25) is 0 Å². The Balaban J connectivity index is 1.70. The molecule has 0 unspecified atom stereocenters. The normalized spacial score (nSPS) is 16.2. The minimum absolute atomic E-state index is 0.121. The first kappa shape index (κ1) is 22.5. The zero-order valence-corrected chi connectivity index (χ0v) is 20.6. The minimum atomic E-state index is -0.121. The average molecular weight is 560 g/mol. The first-order chi connectivity index (χ1) is 15.6. The van der Waals surface area contributed by atoms with Gasteiger partial charge in [-0.3, -0.25) is 9.69 Å². The molecule has 3 aromatic rings. The van der Waals surface area contributed by atoms with Gasteiger partial charge in [0.1, 0.15) is 5.76 Å². The van der Waals surface area contributed by atoms with Crippen LogP contribution in [-0.2, 0) is 11.3 Å². The third-order valence-electron chi connectivity index (χ3n) is 4.60. The van der Waals surface area contributed by atoms with Crippen molar-refractivity contribution in [2.24, 2.45) is 4.99 Å². The summed E-state index contributed by atoms with van der Waals surface area (Å²) >= 11 is 3.56. The Kier molecular flexibility index (Phi) is 7.21. The summed E-state index contributed by atoms with van der Waals surface area (Å²) in [7, 11) is 1.61. The summed E-state index contributed by atoms with van der Waals surface area (Å²) in [4.78, 5) is 20.2. The van der Waals surface area contributed by atoms with Crippen LogP contribution < -0.4 is 9.47 Å². The average Bonchev–Trinajstić information content (AvgIpc) is 3.40. The van der Waals surface area contributed by atoms with Crippen molar-refractivity contribution in [2.75, 3.05) is 13.7 Å². The quantitative estimate of drug-likeness (QED) is 0.258. The van der Waals surface area contributed by atoms with Crippen LogP contribution in [0.5, 0.6) is 11.5 Å². The van der Waals surface area contributed by atoms with E-state index in [1.165, 1.54) is 11.8 Å². The molecule has 164 valence electrons. The maximum atomic E-state index is 13.3. The zero-order valence-electron chi connectivity index (χ0n) is 17.6. The molecule has 0 bridgehead atoms. The van der Waals surface area contributed by atoms with E-state index in [0.29, 0.717) is 40.5 Å². The van der Waals surface area contributed by atoms with Crippen LogP contribution in [0.4, 0.5) is 5.69 Å². The van der Waals surface area contributed by atoms with Gasteiger partial charge in [0.2, 0.25) is 0 Å². The molecule has 4 rings (SSSR count). The van der Waals surface area contributed by atoms with Gasteiger partial charge >= 0.3 is 0 Å². The predicted molar refractivity (Wildman–Crippen MR) is 135 cm³/mol. The van der Waals surface area contributed by atoms with Crippen LogP contribution in [0.25, 0.3) is 6.08 Å². The van der Waals surface area contributed by atoms with Gasteiger partial charge < -0.3 is 13.9 Å². The number of thioether (sulfide) groups is 1. The van der Waals surface area contributed by atoms with Gasteiger partial charge in [0.25, 0.3) is 5.91 Å². The molecule has 0 spiro atoms. The molecule has 1 amide bonds. The van der Waals surface area contributed by atoms with Crippen molar-refractivity contribution in [1.29, 1.82) is 0 Å². The number of aliphatic imine (C=N–C) groups is 1. The summed E-state index contributed by atoms with van der Waals surface area (Å²) in [5, 5.41) is 0.608. The minimum Gasteiger partial charge on any atom is -0.493 e. The lowest BCUT2D eigenvalue weighted by molar-refractivity contribution is -0.122. The monoisotopic (exact) mass is 560 g/mol. The Hall–Kier alpha value is -2.72. The molecule has 1 aromatic heterocycles. The summed E-state index contributed by atoms with van der Waals surface area (Å²) in [5.74, 6) is 1.91. The summed E-state index contributed by atoms with van der Waals surface area (Å²) in [6.45, 7) is 2.79. The van der Waals surface area contributed by atoms with Crippen molar-refractivity contribution in [2.45, 2.75) is 13.5 Å². The fraction of sp³-hybridized carbons (Fsp3) is 0.167. The smallest absolute Gasteiger partial charge is 0.267 e. The maximum absolute atomic E-state index is 13.3. The van der Waals surface area contributed by atoms with E-state index in [9.17, 15) is 4.79 Å². The number of carbonyl (C=O) groups is 1. The zero-order chi connectivity index (χ0) is 22.5. The van der Waals surface area contributed by atoms with Gasteiger partial charge in [-0.1, -0.05) is 18.2 Å². The Bertz CT molecular complexity index is 1160. The van der Waals surface area contributed by atoms with E-state index < -0.39 is 0 Å². The number of amidine groups is 1. The molecule has 0 atom stereocenters. The molecule has 0 aliphatic carbocycles. The molecule has 2 heterocycles. The van der Waals surface area contributed by atoms with Crippen LogP contribution in [0.1, 0.15) is 18.2 Å². The number of amides is 1. The van der Waals surface area contributed by atoms with Gasteiger partial charge in [-0.25, -0.2) is 4.99 Å². The highest BCUT2D eigenvalue weighted by molar-refractivity contribution is 14.1. The first-order valence-corrected chi connectivity index (χ1v) is 11.9. The largest absolute Gasteiger partial charge is 0.493 e. The van der Waals surface area contributed by atoms with Crippen molar-refractivity contribution < 1.29 is 18.7 Å². The molecule has 32 heavy (non-hydrogen) atoms. The third-order valence-corrected chi connectivity index (χ3v) is 6.41. The molecule has 0 radical (unpaired) electrons. The van der Waals surface area contributed by atoms with Crippen molar-refractivity contribution in [1.82, 2.24) is 4.90 Å². The van der Waals surface area contributed by atoms with Gasteiger partial charge in [-0.2, -0.15) is 0 Å². The van der Waals surface area contributed by atoms with E-state index in [4.69, 9.17) is 18.9 Å². The van der Waals surface area contributed by atoms with Crippen LogP contribution in [0, 0.1) is 3.57 Å². The second-order valence-corrected chi connectivity index (χ2v) is 8.95. The van der Waals surface area contributed by atoms with E-state index in [-0.39, 0.29) is 5.91 Å². The number of carbonyl (C=O) groups excluding carboxylic acids is 1. The van der Waals surface area contributed by atoms with Crippen LogP contribution >= 0.6 is 34.4 Å². The number of hydrogen-bond donors (Lipinski definition) is 0. The number of halogens is 1. The van der Waals surface area contributed by atoms with E-state index >= 15 is 0 Å². The van der Waals surface area contributed by atoms with Gasteiger partial charge in [0.05, 0.1) is 40.7 Å². The standard InChI is InChI=1S/C24H21IN2O4S/c1-3-30-22-19(25)12-16(13-20(22)29-2)14-21-23(28)27(15-18-10-7-11-31-18)24(32-21)26-17-8-5-4-6-9-17/h4-14H,3,15H2,1-2H3. The van der Waals surface area contributed by atoms with E-state index in [2.05, 4.69) is 22.6 Å². The number of para-hydroxylation sites is 1. The van der Waals surface area contributed by atoms with Gasteiger partial charge in [-0.15, -0.1) is 0 Å². The van der Waals surface area contributed by atoms with E-state index in [0.717, 1.165) is 14.8 Å². The lowest BCUT2D eigenvalue weighted by atomic mass is 10.2. The van der Waals surface area contributed by atoms with Crippen LogP contribution in [-0.4, -0.2) is 29.7 Å². The molecule has 0 N–H and O–H groups in total. The summed E-state index contributed by atoms with van der Waals surface area (Å²) in [6.07, 6.45) is 3.46. The Morgan fingerprint density at radius 3 is 2.69 bits per heavy atom. The van der Waals surface area contributed by atoms with Crippen molar-refractivity contribution >= 4 is 57.2 Å². The Labute approximate surface area is 204 Å². The summed E-state index contributed by atoms with van der Waals surface area (Å²) < 4.78 is 17.6. The number of furan rings is 1. The van der Waals surface area contributed by atoms with Crippen molar-refractivity contribution in [3.8, 4) is 11.5 Å². The highest BCUT2D eigenvalue weighted by atomic mass is 127. The Morgan fingerprint density at radius 2 is 2.00 bits per heavy atom. The maximum Gasteiger partial charge on any atom is 0.267 e. The van der Waals surface area contributed by atoms with Crippen molar-refractivity contribution in [3.63, 3.8) is 0 Å². The molecular weight excluding hydrogens is 539 g/mol. The summed E-state index contributed by atoms with van der Waals surface area (Å²) in [5.41, 5.74) is 1.63. The number of nitrogens with zero attached hydrogens (tertiary/aromatic N) is 2. The molecule has 1 saturated heterocycles. The molecule has 2 aromatic carbocycles. The fourth-order valence-corrected chi connectivity index (χ4v) is 4.94. The third kappa shape index (κ3) is 5.02. The molecule has 0 saturated carbocycles. The predicted octanol–water partition coefficient (Wildman–Crippen LogP) is 6.10. The molecule has 8 heteroatoms. The SMILES string of the molecule is CCOc1c(I)cc(C=C2SC(=Nc3ccccc3)N(Cc3ccco3)C2=O)cc1OC. The van der Waals surface area contributed by atoms with Crippen LogP contribution in [0.15, 0.2) is 75.2 Å². The van der Waals surface area contributed by atoms with Crippen LogP contribution in [0.3, 0.4) is 0 Å². The fourth-order valence-electron chi connectivity index (χ4n) is 3.16. The number of benzene rings is 2. The number of hydrogen-bond acceptors (Lipinski definition) is 6. The second kappa shape index (κ2) is 10.3. The lowest BCUT2D eigenvalue weighted by Gasteiger charge is -2.14. The van der Waals surface area contributed by atoms with E-state index in [1.807, 2.05) is 67.6 Å². The topological polar surface area (TPSA) is 64.3 Å². The molecule has 6 nitrogen and oxygen atoms in total. The Morgan fingerprint density at radius 1 is 1.19 bits per heavy atom. The highest BCUT2D eigenvalue weighted by Crippen LogP contribution is 2.38. The van der Waals surface area contributed by atoms with Gasteiger partial charge in [0.15, 0.2) is 16.7 Å². The van der Waals surface area contributed by atoms with E-state index in [1.54, 1.807) is 18.3 Å². The van der Waals surface area contributed by atoms with Gasteiger partial charge in [0, 0.05) is 0 Å². The lowest BCUT2D eigenvalue weighted by Crippen LogP contribution is -2.28. The molecule has 1 fully saturated rings. The summed E-state index contributed by atoms with van der Waals surface area (Å²) in [6, 6.07) is 17.1. The number of ether oxygens (including phenoxy) is 2. The molecular formula is C24H21IN2O4S. The second-order valence-electron chi connectivity index (χ2n) is 6.78.